The van der Waals surface area contributed by atoms with E-state index in [2.05, 4.69) is 0 Å². The van der Waals surface area contributed by atoms with Crippen molar-refractivity contribution in [1.29, 1.82) is 0 Å². The van der Waals surface area contributed by atoms with E-state index in [0.717, 1.165) is 0 Å². The zero-order valence-electron chi connectivity index (χ0n) is 7.09. The third-order valence-corrected chi connectivity index (χ3v) is 0. The van der Waals surface area contributed by atoms with Crippen LogP contribution in [0, 0.1) is 0 Å². The Bertz CT molecular complexity index is 70.2. The van der Waals surface area contributed by atoms with Crippen LogP contribution < -0.4 is 37.7 Å². The van der Waals surface area contributed by atoms with Crippen molar-refractivity contribution in [3.05, 3.63) is 0 Å². The maximum atomic E-state index is 8.88. The predicted octanol–water partition coefficient (Wildman–Crippen LogP) is -6.70. The fourth-order valence-corrected chi connectivity index (χ4v) is 0. The van der Waals surface area contributed by atoms with E-state index in [4.69, 9.17) is 19.2 Å². The molecule has 0 aliphatic heterocycles. The maximum absolute atomic E-state index is 8.88. The van der Waals surface area contributed by atoms with Crippen LogP contribution in [0.5, 0.6) is 0 Å². The zero-order valence-corrected chi connectivity index (χ0v) is 8.78. The molecule has 0 aromatic carbocycles. The van der Waals surface area contributed by atoms with Crippen LogP contribution in [0.2, 0.25) is 0 Å². The van der Waals surface area contributed by atoms with Gasteiger partial charge >= 0.3 is 45.5 Å². The molecule has 9 heteroatoms. The van der Waals surface area contributed by atoms with Crippen LogP contribution in [-0.2, 0) is 41.7 Å². The SMILES string of the molecule is O=P(O)(O)O.[H-].[H-].[Li+].[Li+].[V].[V]. The van der Waals surface area contributed by atoms with Gasteiger partial charge in [-0.25, -0.2) is 4.57 Å². The summed E-state index contributed by atoms with van der Waals surface area (Å²) in [5.41, 5.74) is 0. The first-order valence-corrected chi connectivity index (χ1v) is 2.35. The van der Waals surface area contributed by atoms with Gasteiger partial charge in [0, 0.05) is 37.1 Å². The van der Waals surface area contributed by atoms with Crippen molar-refractivity contribution in [2.45, 2.75) is 0 Å². The number of hydrogen-bond acceptors (Lipinski definition) is 1. The summed E-state index contributed by atoms with van der Waals surface area (Å²) in [5, 5.41) is 0. The molecule has 4 nitrogen and oxygen atoms in total. The second kappa shape index (κ2) is 13.1. The Labute approximate surface area is 104 Å². The van der Waals surface area contributed by atoms with Gasteiger partial charge in [0.1, 0.15) is 0 Å². The van der Waals surface area contributed by atoms with E-state index in [-0.39, 0.29) is 77.7 Å². The minimum absolute atomic E-state index is 0. The summed E-state index contributed by atoms with van der Waals surface area (Å²) in [6, 6.07) is 0. The van der Waals surface area contributed by atoms with E-state index < -0.39 is 7.82 Å². The molecule has 0 bridgehead atoms. The summed E-state index contributed by atoms with van der Waals surface area (Å²) >= 11 is 0. The summed E-state index contributed by atoms with van der Waals surface area (Å²) in [5.74, 6) is 0. The predicted molar refractivity (Wildman–Crippen MR) is 16.5 cm³/mol. The minimum atomic E-state index is -4.64. The Balaban J connectivity index is -0.00000000533. The molecule has 2 radical (unpaired) electrons. The molecule has 0 spiro atoms. The molecule has 0 rings (SSSR count). The molecule has 3 N–H and O–H groups in total. The Kier molecular flexibility index (Phi) is 43.7. The van der Waals surface area contributed by atoms with Crippen molar-refractivity contribution in [2.24, 2.45) is 0 Å². The maximum Gasteiger partial charge on any atom is 1.00 e. The van der Waals surface area contributed by atoms with Gasteiger partial charge in [0.05, 0.1) is 0 Å². The van der Waals surface area contributed by atoms with Crippen molar-refractivity contribution in [2.75, 3.05) is 0 Å². The van der Waals surface area contributed by atoms with Crippen LogP contribution >= 0.6 is 7.82 Å². The first-order chi connectivity index (χ1) is 2.00. The van der Waals surface area contributed by atoms with Gasteiger partial charge < -0.3 is 17.5 Å². The molecule has 0 fully saturated rings. The molecule has 0 saturated carbocycles. The molecule has 9 heavy (non-hydrogen) atoms. The molecule has 0 atom stereocenters. The van der Waals surface area contributed by atoms with Gasteiger partial charge in [0.2, 0.25) is 0 Å². The molecule has 0 aliphatic rings. The summed E-state index contributed by atoms with van der Waals surface area (Å²) in [7, 11) is -4.64. The van der Waals surface area contributed by atoms with Crippen molar-refractivity contribution in [3.8, 4) is 0 Å². The number of phosphoric acid groups is 1. The van der Waals surface area contributed by atoms with E-state index in [1.54, 1.807) is 0 Å². The smallest absolute Gasteiger partial charge is 1.00 e. The van der Waals surface area contributed by atoms with Crippen LogP contribution in [0.25, 0.3) is 0 Å². The molecule has 0 amide bonds. The van der Waals surface area contributed by atoms with Gasteiger partial charge in [-0.05, 0) is 0 Å². The summed E-state index contributed by atoms with van der Waals surface area (Å²) in [6.45, 7) is 0. The van der Waals surface area contributed by atoms with Gasteiger partial charge in [-0.2, -0.15) is 0 Å². The van der Waals surface area contributed by atoms with Gasteiger partial charge in [-0.15, -0.1) is 0 Å². The normalized spacial score (nSPS) is 6.56. The molecular weight excluding hydrogens is 211 g/mol. The Morgan fingerprint density at radius 1 is 1.00 bits per heavy atom. The van der Waals surface area contributed by atoms with Crippen LogP contribution in [-0.4, -0.2) is 14.7 Å². The Morgan fingerprint density at radius 3 is 1.00 bits per heavy atom. The molecule has 0 unspecified atom stereocenters. The fraction of sp³-hybridized carbons (Fsp3) is 0. The largest absolute Gasteiger partial charge is 1.00 e. The second-order valence-corrected chi connectivity index (χ2v) is 1.54. The molecule has 0 saturated heterocycles. The van der Waals surface area contributed by atoms with E-state index in [1.165, 1.54) is 0 Å². The van der Waals surface area contributed by atoms with Crippen molar-refractivity contribution in [1.82, 2.24) is 0 Å². The topological polar surface area (TPSA) is 77.8 Å². The molecule has 0 heterocycles. The average molecular weight is 216 g/mol. The average Bonchev–Trinajstić information content (AvgIpc) is 0.722. The van der Waals surface area contributed by atoms with E-state index in [9.17, 15) is 0 Å². The van der Waals surface area contributed by atoms with E-state index >= 15 is 0 Å². The van der Waals surface area contributed by atoms with Gasteiger partial charge in [-0.3, -0.25) is 0 Å². The summed E-state index contributed by atoms with van der Waals surface area (Å²) < 4.78 is 8.88. The molecule has 0 aromatic heterocycles. The van der Waals surface area contributed by atoms with E-state index in [1.807, 2.05) is 0 Å². The van der Waals surface area contributed by atoms with Crippen LogP contribution in [0.15, 0.2) is 0 Å². The molecule has 46 valence electrons. The fourth-order valence-electron chi connectivity index (χ4n) is 0. The molecular formula is H5Li2O4PV2. The van der Waals surface area contributed by atoms with Crippen molar-refractivity contribution >= 4 is 7.82 Å². The van der Waals surface area contributed by atoms with Gasteiger partial charge in [0.25, 0.3) is 0 Å². The van der Waals surface area contributed by atoms with Crippen molar-refractivity contribution in [3.63, 3.8) is 0 Å². The van der Waals surface area contributed by atoms with Crippen molar-refractivity contribution < 1.29 is 96.9 Å². The Morgan fingerprint density at radius 2 is 1.00 bits per heavy atom. The first-order valence-electron chi connectivity index (χ1n) is 0.783. The van der Waals surface area contributed by atoms with Crippen LogP contribution in [0.1, 0.15) is 2.85 Å². The molecule has 0 aromatic rings. The third kappa shape index (κ3) is 123. The van der Waals surface area contributed by atoms with Crippen LogP contribution in [0.4, 0.5) is 0 Å². The Hall–Kier alpha value is 2.47. The quantitative estimate of drug-likeness (QED) is 0.278. The third-order valence-electron chi connectivity index (χ3n) is 0. The first kappa shape index (κ1) is 30.0. The molecule has 0 aliphatic carbocycles. The minimum Gasteiger partial charge on any atom is -1.00 e. The van der Waals surface area contributed by atoms with E-state index in [0.29, 0.717) is 0 Å². The zero-order chi connectivity index (χ0) is 4.50. The van der Waals surface area contributed by atoms with Gasteiger partial charge in [-0.1, -0.05) is 0 Å². The summed E-state index contributed by atoms with van der Waals surface area (Å²) in [4.78, 5) is 21.6. The summed E-state index contributed by atoms with van der Waals surface area (Å²) in [6.07, 6.45) is 0. The van der Waals surface area contributed by atoms with Crippen LogP contribution in [0.3, 0.4) is 0 Å². The number of rotatable bonds is 0. The monoisotopic (exact) mass is 216 g/mol. The second-order valence-electron chi connectivity index (χ2n) is 0.513. The van der Waals surface area contributed by atoms with Gasteiger partial charge in [0.15, 0.2) is 0 Å². The standard InChI is InChI=1S/2Li.H3O4P.2V.2H/c;;1-5(2,3)4;;;;/h;;(H3,1,2,3,4);;;;/q2*+1;;;;2*-1. The number of hydrogen-bond donors (Lipinski definition) is 3.